The summed E-state index contributed by atoms with van der Waals surface area (Å²) in [4.78, 5) is 4.46. The van der Waals surface area contributed by atoms with Gasteiger partial charge in [0, 0.05) is 6.04 Å². The van der Waals surface area contributed by atoms with E-state index in [4.69, 9.17) is 0 Å². The zero-order valence-corrected chi connectivity index (χ0v) is 10.2. The van der Waals surface area contributed by atoms with Crippen molar-refractivity contribution < 1.29 is 0 Å². The Hall–Kier alpha value is 0.0700. The van der Waals surface area contributed by atoms with Gasteiger partial charge in [-0.25, -0.2) is 4.98 Å². The van der Waals surface area contributed by atoms with Crippen molar-refractivity contribution in [2.24, 2.45) is 0 Å². The highest BCUT2D eigenvalue weighted by atomic mass is 79.9. The van der Waals surface area contributed by atoms with Crippen molar-refractivity contribution in [3.05, 3.63) is 26.9 Å². The Kier molecular flexibility index (Phi) is 3.01. The van der Waals surface area contributed by atoms with E-state index in [2.05, 4.69) is 48.2 Å². The van der Waals surface area contributed by atoms with Crippen molar-refractivity contribution >= 4 is 31.9 Å². The molecule has 0 amide bonds. The summed E-state index contributed by atoms with van der Waals surface area (Å²) in [6.45, 7) is 1.11. The van der Waals surface area contributed by atoms with Crippen molar-refractivity contribution in [1.29, 1.82) is 0 Å². The molecule has 1 unspecified atom stereocenters. The van der Waals surface area contributed by atoms with Crippen LogP contribution in [0.5, 0.6) is 0 Å². The Labute approximate surface area is 94.4 Å². The third-order valence-corrected chi connectivity index (χ3v) is 4.02. The van der Waals surface area contributed by atoms with Crippen LogP contribution in [-0.4, -0.2) is 11.5 Å². The largest absolute Gasteiger partial charge is 0.309 e. The Morgan fingerprint density at radius 3 is 2.85 bits per heavy atom. The monoisotopic (exact) mass is 304 g/mol. The van der Waals surface area contributed by atoms with E-state index >= 15 is 0 Å². The van der Waals surface area contributed by atoms with Crippen LogP contribution in [0, 0.1) is 0 Å². The highest BCUT2D eigenvalue weighted by Crippen LogP contribution is 2.26. The molecule has 0 aliphatic carbocycles. The van der Waals surface area contributed by atoms with E-state index in [1.807, 2.05) is 6.07 Å². The van der Waals surface area contributed by atoms with Crippen molar-refractivity contribution in [3.8, 4) is 0 Å². The fraction of sp³-hybridized carbons (Fsp3) is 0.444. The van der Waals surface area contributed by atoms with Crippen molar-refractivity contribution in [2.75, 3.05) is 6.54 Å². The summed E-state index contributed by atoms with van der Waals surface area (Å²) in [5, 5.41) is 3.42. The Balaban J connectivity index is 2.25. The molecule has 1 N–H and O–H groups in total. The fourth-order valence-electron chi connectivity index (χ4n) is 1.56. The maximum atomic E-state index is 4.46. The summed E-state index contributed by atoms with van der Waals surface area (Å²) in [5.41, 5.74) is 1.13. The van der Waals surface area contributed by atoms with Crippen LogP contribution >= 0.6 is 31.9 Å². The number of hydrogen-bond acceptors (Lipinski definition) is 2. The van der Waals surface area contributed by atoms with Gasteiger partial charge in [0.1, 0.15) is 4.60 Å². The van der Waals surface area contributed by atoms with Gasteiger partial charge in [0.05, 0.1) is 10.2 Å². The Bertz CT molecular complexity index is 308. The summed E-state index contributed by atoms with van der Waals surface area (Å²) in [6, 6.07) is 4.55. The average molecular weight is 306 g/mol. The molecule has 1 fully saturated rings. The number of aromatic nitrogens is 1. The predicted molar refractivity (Wildman–Crippen MR) is 59.6 cm³/mol. The zero-order chi connectivity index (χ0) is 9.26. The molecule has 2 heterocycles. The quantitative estimate of drug-likeness (QED) is 0.807. The first-order valence-corrected chi connectivity index (χ1v) is 5.91. The van der Waals surface area contributed by atoms with Gasteiger partial charge in [-0.15, -0.1) is 0 Å². The molecule has 0 bridgehead atoms. The van der Waals surface area contributed by atoms with Crippen LogP contribution in [0.25, 0.3) is 0 Å². The second-order valence-electron chi connectivity index (χ2n) is 3.16. The topological polar surface area (TPSA) is 24.9 Å². The van der Waals surface area contributed by atoms with Crippen LogP contribution in [0.4, 0.5) is 0 Å². The van der Waals surface area contributed by atoms with Gasteiger partial charge in [0.2, 0.25) is 0 Å². The van der Waals surface area contributed by atoms with Gasteiger partial charge in [-0.1, -0.05) is 0 Å². The minimum Gasteiger partial charge on any atom is -0.309 e. The first-order chi connectivity index (χ1) is 6.27. The molecule has 4 heteroatoms. The van der Waals surface area contributed by atoms with Crippen molar-refractivity contribution in [1.82, 2.24) is 10.3 Å². The number of hydrogen-bond donors (Lipinski definition) is 1. The molecule has 1 aliphatic heterocycles. The lowest BCUT2D eigenvalue weighted by atomic mass is 10.1. The second kappa shape index (κ2) is 4.07. The maximum absolute atomic E-state index is 4.46. The summed E-state index contributed by atoms with van der Waals surface area (Å²) in [5.74, 6) is 0. The molecule has 2 nitrogen and oxygen atoms in total. The number of nitrogens with one attached hydrogen (secondary N) is 1. The van der Waals surface area contributed by atoms with Gasteiger partial charge in [-0.2, -0.15) is 0 Å². The molecule has 70 valence electrons. The fourth-order valence-corrected chi connectivity index (χ4v) is 2.12. The molecule has 0 spiro atoms. The summed E-state index contributed by atoms with van der Waals surface area (Å²) < 4.78 is 1.90. The molecule has 0 aromatic carbocycles. The van der Waals surface area contributed by atoms with E-state index in [1.165, 1.54) is 12.8 Å². The van der Waals surface area contributed by atoms with Gasteiger partial charge in [-0.05, 0) is 63.4 Å². The second-order valence-corrected chi connectivity index (χ2v) is 4.76. The molecule has 1 atom stereocenters. The first-order valence-electron chi connectivity index (χ1n) is 4.33. The van der Waals surface area contributed by atoms with Crippen LogP contribution < -0.4 is 5.32 Å². The van der Waals surface area contributed by atoms with Crippen LogP contribution in [0.2, 0.25) is 0 Å². The van der Waals surface area contributed by atoms with E-state index < -0.39 is 0 Å². The van der Waals surface area contributed by atoms with E-state index in [0.29, 0.717) is 6.04 Å². The smallest absolute Gasteiger partial charge is 0.120 e. The minimum absolute atomic E-state index is 0.449. The molecule has 13 heavy (non-hydrogen) atoms. The first kappa shape index (κ1) is 9.62. The lowest BCUT2D eigenvalue weighted by Crippen LogP contribution is -2.14. The maximum Gasteiger partial charge on any atom is 0.120 e. The Morgan fingerprint density at radius 2 is 2.23 bits per heavy atom. The normalized spacial score (nSPS) is 22.2. The summed E-state index contributed by atoms with van der Waals surface area (Å²) >= 11 is 6.82. The van der Waals surface area contributed by atoms with E-state index in [-0.39, 0.29) is 0 Å². The minimum atomic E-state index is 0.449. The summed E-state index contributed by atoms with van der Waals surface area (Å²) in [7, 11) is 0. The van der Waals surface area contributed by atoms with Gasteiger partial charge in [0.25, 0.3) is 0 Å². The lowest BCUT2D eigenvalue weighted by Gasteiger charge is -2.09. The van der Waals surface area contributed by atoms with Crippen LogP contribution in [0.3, 0.4) is 0 Å². The molecule has 0 saturated carbocycles. The van der Waals surface area contributed by atoms with Gasteiger partial charge in [0.15, 0.2) is 0 Å². The highest BCUT2D eigenvalue weighted by Gasteiger charge is 2.17. The molecule has 1 aromatic rings. The van der Waals surface area contributed by atoms with Crippen molar-refractivity contribution in [3.63, 3.8) is 0 Å². The van der Waals surface area contributed by atoms with E-state index in [1.54, 1.807) is 0 Å². The predicted octanol–water partition coefficient (Wildman–Crippen LogP) is 3.03. The van der Waals surface area contributed by atoms with Crippen molar-refractivity contribution in [2.45, 2.75) is 18.9 Å². The van der Waals surface area contributed by atoms with E-state index in [9.17, 15) is 0 Å². The molecular weight excluding hydrogens is 296 g/mol. The third-order valence-electron chi connectivity index (χ3n) is 2.24. The average Bonchev–Trinajstić information content (AvgIpc) is 2.62. The zero-order valence-electron chi connectivity index (χ0n) is 7.06. The summed E-state index contributed by atoms with van der Waals surface area (Å²) in [6.07, 6.45) is 2.45. The molecular formula is C9H10Br2N2. The highest BCUT2D eigenvalue weighted by molar-refractivity contribution is 9.13. The molecule has 1 saturated heterocycles. The van der Waals surface area contributed by atoms with Crippen LogP contribution in [-0.2, 0) is 0 Å². The molecule has 1 aliphatic rings. The van der Waals surface area contributed by atoms with Crippen LogP contribution in [0.1, 0.15) is 24.6 Å². The number of halogens is 2. The lowest BCUT2D eigenvalue weighted by molar-refractivity contribution is 0.626. The van der Waals surface area contributed by atoms with Gasteiger partial charge >= 0.3 is 0 Å². The van der Waals surface area contributed by atoms with Gasteiger partial charge in [-0.3, -0.25) is 0 Å². The molecule has 0 radical (unpaired) electrons. The number of nitrogens with zero attached hydrogens (tertiary/aromatic N) is 1. The van der Waals surface area contributed by atoms with Gasteiger partial charge < -0.3 is 5.32 Å². The standard InChI is InChI=1S/C9H10Br2N2/c10-6-3-4-8(13-9(6)11)7-2-1-5-12-7/h3-4,7,12H,1-2,5H2. The molecule has 1 aromatic heterocycles. The number of pyridine rings is 1. The van der Waals surface area contributed by atoms with E-state index in [0.717, 1.165) is 21.3 Å². The SMILES string of the molecule is Brc1ccc(C2CCCN2)nc1Br. The molecule has 2 rings (SSSR count). The van der Waals surface area contributed by atoms with Crippen LogP contribution in [0.15, 0.2) is 21.2 Å². The third kappa shape index (κ3) is 2.11. The number of rotatable bonds is 1. The Morgan fingerprint density at radius 1 is 1.38 bits per heavy atom.